The van der Waals surface area contributed by atoms with Crippen LogP contribution in [-0.2, 0) is 0 Å². The number of methoxy groups -OCH3 is 2. The maximum absolute atomic E-state index is 8.92. The molecule has 2 aromatic rings. The average Bonchev–Trinajstić information content (AvgIpc) is 2.78. The summed E-state index contributed by atoms with van der Waals surface area (Å²) in [5.74, 6) is 1.72. The first-order chi connectivity index (χ1) is 9.10. The van der Waals surface area contributed by atoms with Crippen LogP contribution in [0.3, 0.4) is 0 Å². The number of ether oxygens (including phenoxy) is 2. The van der Waals surface area contributed by atoms with Crippen molar-refractivity contribution in [3.63, 3.8) is 0 Å². The summed E-state index contributed by atoms with van der Waals surface area (Å²) < 4.78 is 13.0. The monoisotopic (exact) mass is 321 g/mol. The van der Waals surface area contributed by atoms with Crippen molar-refractivity contribution in [3.8, 4) is 23.3 Å². The number of nitriles is 1. The molecule has 0 saturated heterocycles. The molecule has 0 bridgehead atoms. The molecule has 19 heavy (non-hydrogen) atoms. The molecule has 0 aliphatic rings. The van der Waals surface area contributed by atoms with E-state index in [1.54, 1.807) is 37.1 Å². The quantitative estimate of drug-likeness (QED) is 0.943. The van der Waals surface area contributed by atoms with E-state index in [0.717, 1.165) is 10.2 Å². The fourth-order valence-electron chi connectivity index (χ4n) is 1.79. The Balaban J connectivity index is 2.67. The van der Waals surface area contributed by atoms with Gasteiger partial charge in [0, 0.05) is 16.7 Å². The average molecular weight is 322 g/mol. The van der Waals surface area contributed by atoms with E-state index in [-0.39, 0.29) is 0 Å². The Morgan fingerprint density at radius 3 is 2.53 bits per heavy atom. The summed E-state index contributed by atoms with van der Waals surface area (Å²) in [6.45, 7) is 0. The molecule has 5 nitrogen and oxygen atoms in total. The standard InChI is InChI=1S/C13H12BrN3O2/c1-18-9-4-10(14)13(11(5-9)19-2)17-7-8(6-15)3-12(17)16/h3-5,7H,16H2,1-2H3. The van der Waals surface area contributed by atoms with Crippen molar-refractivity contribution in [3.05, 3.63) is 34.4 Å². The molecule has 0 aliphatic carbocycles. The zero-order chi connectivity index (χ0) is 14.0. The molecule has 1 aromatic carbocycles. The highest BCUT2D eigenvalue weighted by atomic mass is 79.9. The molecule has 0 saturated carbocycles. The van der Waals surface area contributed by atoms with E-state index in [0.29, 0.717) is 22.9 Å². The molecule has 0 fully saturated rings. The van der Waals surface area contributed by atoms with Crippen molar-refractivity contribution < 1.29 is 9.47 Å². The molecule has 0 atom stereocenters. The summed E-state index contributed by atoms with van der Waals surface area (Å²) in [4.78, 5) is 0. The predicted octanol–water partition coefficient (Wildman–Crippen LogP) is 2.71. The molecule has 1 heterocycles. The summed E-state index contributed by atoms with van der Waals surface area (Å²) in [7, 11) is 3.15. The van der Waals surface area contributed by atoms with Crippen molar-refractivity contribution in [2.75, 3.05) is 20.0 Å². The highest BCUT2D eigenvalue weighted by Crippen LogP contribution is 2.37. The third kappa shape index (κ3) is 2.37. The van der Waals surface area contributed by atoms with Crippen LogP contribution in [0, 0.1) is 11.3 Å². The SMILES string of the molecule is COc1cc(Br)c(-n2cc(C#N)cc2N)c(OC)c1. The number of rotatable bonds is 3. The molecule has 98 valence electrons. The fourth-order valence-corrected chi connectivity index (χ4v) is 2.40. The van der Waals surface area contributed by atoms with Crippen LogP contribution in [0.2, 0.25) is 0 Å². The van der Waals surface area contributed by atoms with Crippen LogP contribution in [0.5, 0.6) is 11.5 Å². The Labute approximate surface area is 119 Å². The van der Waals surface area contributed by atoms with Crippen molar-refractivity contribution in [1.29, 1.82) is 5.26 Å². The molecule has 6 heteroatoms. The summed E-state index contributed by atoms with van der Waals surface area (Å²) >= 11 is 3.46. The van der Waals surface area contributed by atoms with Gasteiger partial charge in [0.1, 0.15) is 29.1 Å². The maximum atomic E-state index is 8.92. The largest absolute Gasteiger partial charge is 0.497 e. The maximum Gasteiger partial charge on any atom is 0.147 e. The van der Waals surface area contributed by atoms with Gasteiger partial charge in [-0.2, -0.15) is 5.26 Å². The highest BCUT2D eigenvalue weighted by molar-refractivity contribution is 9.10. The molecule has 1 aromatic heterocycles. The van der Waals surface area contributed by atoms with Gasteiger partial charge in [-0.25, -0.2) is 0 Å². The fraction of sp³-hybridized carbons (Fsp3) is 0.154. The molecule has 0 spiro atoms. The number of hydrogen-bond acceptors (Lipinski definition) is 4. The van der Waals surface area contributed by atoms with Gasteiger partial charge in [-0.3, -0.25) is 4.57 Å². The molecule has 0 radical (unpaired) electrons. The minimum atomic E-state index is 0.459. The third-order valence-electron chi connectivity index (χ3n) is 2.68. The summed E-state index contributed by atoms with van der Waals surface area (Å²) in [5, 5.41) is 8.92. The lowest BCUT2D eigenvalue weighted by molar-refractivity contribution is 0.392. The predicted molar refractivity (Wildman–Crippen MR) is 75.7 cm³/mol. The van der Waals surface area contributed by atoms with Crippen LogP contribution in [0.4, 0.5) is 5.82 Å². The molecular weight excluding hydrogens is 310 g/mol. The van der Waals surface area contributed by atoms with Crippen LogP contribution < -0.4 is 15.2 Å². The topological polar surface area (TPSA) is 73.2 Å². The highest BCUT2D eigenvalue weighted by Gasteiger charge is 2.15. The second-order valence-corrected chi connectivity index (χ2v) is 4.65. The molecule has 2 rings (SSSR count). The first kappa shape index (κ1) is 13.3. The number of hydrogen-bond donors (Lipinski definition) is 1. The first-order valence-corrected chi connectivity index (χ1v) is 6.20. The van der Waals surface area contributed by atoms with Crippen molar-refractivity contribution in [2.45, 2.75) is 0 Å². The number of nitrogens with two attached hydrogens (primary N) is 1. The van der Waals surface area contributed by atoms with E-state index in [2.05, 4.69) is 22.0 Å². The van der Waals surface area contributed by atoms with E-state index in [4.69, 9.17) is 20.5 Å². The van der Waals surface area contributed by atoms with E-state index in [1.165, 1.54) is 0 Å². The molecule has 0 aliphatic heterocycles. The van der Waals surface area contributed by atoms with Crippen molar-refractivity contribution in [2.24, 2.45) is 0 Å². The van der Waals surface area contributed by atoms with E-state index in [9.17, 15) is 0 Å². The van der Waals surface area contributed by atoms with Gasteiger partial charge in [-0.1, -0.05) is 0 Å². The van der Waals surface area contributed by atoms with E-state index in [1.807, 2.05) is 6.07 Å². The van der Waals surface area contributed by atoms with Crippen LogP contribution in [0.15, 0.2) is 28.9 Å². The smallest absolute Gasteiger partial charge is 0.147 e. The Morgan fingerprint density at radius 1 is 1.26 bits per heavy atom. The minimum absolute atomic E-state index is 0.459. The number of nitrogens with zero attached hydrogens (tertiary/aromatic N) is 2. The molecule has 2 N–H and O–H groups in total. The Kier molecular flexibility index (Phi) is 3.67. The Hall–Kier alpha value is -2.13. The molecule has 0 amide bonds. The number of halogens is 1. The Bertz CT molecular complexity index is 659. The zero-order valence-electron chi connectivity index (χ0n) is 10.5. The van der Waals surface area contributed by atoms with Gasteiger partial charge in [0.25, 0.3) is 0 Å². The van der Waals surface area contributed by atoms with E-state index >= 15 is 0 Å². The van der Waals surface area contributed by atoms with Gasteiger partial charge in [-0.15, -0.1) is 0 Å². The minimum Gasteiger partial charge on any atom is -0.497 e. The lowest BCUT2D eigenvalue weighted by atomic mass is 10.2. The number of anilines is 1. The van der Waals surface area contributed by atoms with Crippen LogP contribution in [0.1, 0.15) is 5.56 Å². The van der Waals surface area contributed by atoms with Gasteiger partial charge in [0.15, 0.2) is 0 Å². The molecular formula is C13H12BrN3O2. The zero-order valence-corrected chi connectivity index (χ0v) is 12.1. The van der Waals surface area contributed by atoms with Crippen LogP contribution in [-0.4, -0.2) is 18.8 Å². The summed E-state index contributed by atoms with van der Waals surface area (Å²) in [6.07, 6.45) is 1.66. The van der Waals surface area contributed by atoms with E-state index < -0.39 is 0 Å². The second-order valence-electron chi connectivity index (χ2n) is 3.80. The van der Waals surface area contributed by atoms with Crippen molar-refractivity contribution in [1.82, 2.24) is 4.57 Å². The Morgan fingerprint density at radius 2 is 2.00 bits per heavy atom. The second kappa shape index (κ2) is 5.24. The number of benzene rings is 1. The normalized spacial score (nSPS) is 10.0. The lowest BCUT2D eigenvalue weighted by Gasteiger charge is -2.14. The first-order valence-electron chi connectivity index (χ1n) is 5.40. The van der Waals surface area contributed by atoms with Gasteiger partial charge in [-0.05, 0) is 28.1 Å². The number of aromatic nitrogens is 1. The van der Waals surface area contributed by atoms with Gasteiger partial charge in [0.05, 0.1) is 19.8 Å². The van der Waals surface area contributed by atoms with Crippen molar-refractivity contribution >= 4 is 21.7 Å². The number of nitrogen functional groups attached to an aromatic ring is 1. The van der Waals surface area contributed by atoms with Crippen LogP contribution in [0.25, 0.3) is 5.69 Å². The third-order valence-corrected chi connectivity index (χ3v) is 3.28. The van der Waals surface area contributed by atoms with Crippen LogP contribution >= 0.6 is 15.9 Å². The summed E-state index contributed by atoms with van der Waals surface area (Å²) in [5.41, 5.74) is 7.13. The van der Waals surface area contributed by atoms with Gasteiger partial charge >= 0.3 is 0 Å². The molecule has 0 unspecified atom stereocenters. The van der Waals surface area contributed by atoms with Gasteiger partial charge < -0.3 is 15.2 Å². The lowest BCUT2D eigenvalue weighted by Crippen LogP contribution is -2.02. The van der Waals surface area contributed by atoms with Gasteiger partial charge in [0.2, 0.25) is 0 Å². The summed E-state index contributed by atoms with van der Waals surface area (Å²) in [6, 6.07) is 7.23.